The molecule has 0 radical (unpaired) electrons. The van der Waals surface area contributed by atoms with Crippen molar-refractivity contribution in [3.05, 3.63) is 0 Å². The lowest BCUT2D eigenvalue weighted by Crippen LogP contribution is -2.39. The predicted molar refractivity (Wildman–Crippen MR) is 42.4 cm³/mol. The molecular weight excluding hydrogens is 183 g/mol. The van der Waals surface area contributed by atoms with Crippen LogP contribution in [0.15, 0.2) is 0 Å². The third-order valence-electron chi connectivity index (χ3n) is 2.30. The molecule has 0 amide bonds. The fraction of sp³-hybridized carbons (Fsp3) is 1.00. The Kier molecular flexibility index (Phi) is 3.55. The Morgan fingerprint density at radius 1 is 1.54 bits per heavy atom. The molecule has 1 aliphatic rings. The van der Waals surface area contributed by atoms with Gasteiger partial charge in [-0.3, -0.25) is 0 Å². The van der Waals surface area contributed by atoms with Crippen LogP contribution in [0, 0.1) is 5.92 Å². The molecule has 0 bridgehead atoms. The van der Waals surface area contributed by atoms with Crippen LogP contribution in [0.1, 0.15) is 13.3 Å². The average Bonchev–Trinajstić information content (AvgIpc) is 2.50. The molecule has 0 aromatic rings. The average molecular weight is 197 g/mol. The summed E-state index contributed by atoms with van der Waals surface area (Å²) in [5.41, 5.74) is 0. The second kappa shape index (κ2) is 4.28. The first-order valence-electron chi connectivity index (χ1n) is 4.37. The third-order valence-corrected chi connectivity index (χ3v) is 2.30. The summed E-state index contributed by atoms with van der Waals surface area (Å²) in [6, 6.07) is -0.121. The van der Waals surface area contributed by atoms with E-state index in [1.165, 1.54) is 0 Å². The van der Waals surface area contributed by atoms with Crippen molar-refractivity contribution in [2.24, 2.45) is 5.92 Å². The molecule has 1 aliphatic heterocycles. The van der Waals surface area contributed by atoms with Crippen LogP contribution in [0.5, 0.6) is 0 Å². The van der Waals surface area contributed by atoms with Crippen molar-refractivity contribution in [3.8, 4) is 0 Å². The Balaban J connectivity index is 2.20. The summed E-state index contributed by atoms with van der Waals surface area (Å²) in [5.74, 6) is 0.224. The molecular formula is C8H14F3NO. The maximum Gasteiger partial charge on any atom is 0.401 e. The summed E-state index contributed by atoms with van der Waals surface area (Å²) >= 11 is 0. The Labute approximate surface area is 75.4 Å². The molecule has 1 heterocycles. The van der Waals surface area contributed by atoms with E-state index in [9.17, 15) is 13.2 Å². The number of halogens is 3. The maximum absolute atomic E-state index is 11.8. The molecule has 2 atom stereocenters. The highest BCUT2D eigenvalue weighted by Gasteiger charge is 2.29. The van der Waals surface area contributed by atoms with E-state index in [1.807, 2.05) is 0 Å². The van der Waals surface area contributed by atoms with Crippen LogP contribution in [0.4, 0.5) is 13.2 Å². The van der Waals surface area contributed by atoms with Gasteiger partial charge in [-0.15, -0.1) is 0 Å². The first-order chi connectivity index (χ1) is 5.99. The fourth-order valence-electron chi connectivity index (χ4n) is 1.39. The minimum absolute atomic E-state index is 0.121. The van der Waals surface area contributed by atoms with Crippen LogP contribution in [-0.4, -0.2) is 32.0 Å². The van der Waals surface area contributed by atoms with Crippen LogP contribution in [-0.2, 0) is 4.74 Å². The first-order valence-corrected chi connectivity index (χ1v) is 4.37. The highest BCUT2D eigenvalue weighted by molar-refractivity contribution is 4.76. The Bertz CT molecular complexity index is 154. The van der Waals surface area contributed by atoms with Crippen molar-refractivity contribution >= 4 is 0 Å². The minimum Gasteiger partial charge on any atom is -0.381 e. The van der Waals surface area contributed by atoms with E-state index in [-0.39, 0.29) is 12.0 Å². The quantitative estimate of drug-likeness (QED) is 0.741. The van der Waals surface area contributed by atoms with E-state index in [0.717, 1.165) is 6.42 Å². The van der Waals surface area contributed by atoms with E-state index < -0.39 is 12.7 Å². The van der Waals surface area contributed by atoms with E-state index in [2.05, 4.69) is 5.32 Å². The molecule has 13 heavy (non-hydrogen) atoms. The van der Waals surface area contributed by atoms with Crippen molar-refractivity contribution in [2.75, 3.05) is 19.8 Å². The van der Waals surface area contributed by atoms with Gasteiger partial charge in [-0.25, -0.2) is 0 Å². The summed E-state index contributed by atoms with van der Waals surface area (Å²) in [6.07, 6.45) is -3.26. The summed E-state index contributed by atoms with van der Waals surface area (Å²) in [7, 11) is 0. The molecule has 0 aliphatic carbocycles. The van der Waals surface area contributed by atoms with Crippen molar-refractivity contribution in [2.45, 2.75) is 25.6 Å². The SMILES string of the molecule is CC(NCC(F)(F)F)C1CCOC1. The third kappa shape index (κ3) is 3.95. The van der Waals surface area contributed by atoms with Crippen molar-refractivity contribution in [3.63, 3.8) is 0 Å². The number of alkyl halides is 3. The molecule has 1 rings (SSSR count). The number of ether oxygens (including phenoxy) is 1. The van der Waals surface area contributed by atoms with E-state index in [0.29, 0.717) is 13.2 Å². The second-order valence-electron chi connectivity index (χ2n) is 3.41. The second-order valence-corrected chi connectivity index (χ2v) is 3.41. The zero-order valence-electron chi connectivity index (χ0n) is 7.53. The van der Waals surface area contributed by atoms with Gasteiger partial charge in [0.25, 0.3) is 0 Å². The zero-order valence-corrected chi connectivity index (χ0v) is 7.53. The molecule has 0 spiro atoms. The maximum atomic E-state index is 11.8. The lowest BCUT2D eigenvalue weighted by molar-refractivity contribution is -0.126. The van der Waals surface area contributed by atoms with E-state index >= 15 is 0 Å². The van der Waals surface area contributed by atoms with Crippen molar-refractivity contribution < 1.29 is 17.9 Å². The number of hydrogen-bond donors (Lipinski definition) is 1. The van der Waals surface area contributed by atoms with Gasteiger partial charge in [0.1, 0.15) is 0 Å². The molecule has 0 aromatic heterocycles. The van der Waals surface area contributed by atoms with Gasteiger partial charge in [0.15, 0.2) is 0 Å². The number of rotatable bonds is 3. The van der Waals surface area contributed by atoms with Gasteiger partial charge in [-0.1, -0.05) is 0 Å². The normalized spacial score (nSPS) is 26.3. The largest absolute Gasteiger partial charge is 0.401 e. The molecule has 1 N–H and O–H groups in total. The lowest BCUT2D eigenvalue weighted by atomic mass is 10.0. The molecule has 2 nitrogen and oxygen atoms in total. The van der Waals surface area contributed by atoms with Gasteiger partial charge in [0, 0.05) is 12.6 Å². The van der Waals surface area contributed by atoms with E-state index in [1.54, 1.807) is 6.92 Å². The standard InChI is InChI=1S/C8H14F3NO/c1-6(7-2-3-13-4-7)12-5-8(9,10)11/h6-7,12H,2-5H2,1H3. The van der Waals surface area contributed by atoms with Gasteiger partial charge in [-0.2, -0.15) is 13.2 Å². The summed E-state index contributed by atoms with van der Waals surface area (Å²) in [4.78, 5) is 0. The Hall–Kier alpha value is -0.290. The number of hydrogen-bond acceptors (Lipinski definition) is 2. The number of nitrogens with one attached hydrogen (secondary N) is 1. The lowest BCUT2D eigenvalue weighted by Gasteiger charge is -2.19. The van der Waals surface area contributed by atoms with Gasteiger partial charge in [0.05, 0.1) is 13.2 Å². The van der Waals surface area contributed by atoms with E-state index in [4.69, 9.17) is 4.74 Å². The highest BCUT2D eigenvalue weighted by Crippen LogP contribution is 2.18. The van der Waals surface area contributed by atoms with Gasteiger partial charge < -0.3 is 10.1 Å². The highest BCUT2D eigenvalue weighted by atomic mass is 19.4. The molecule has 0 aromatic carbocycles. The monoisotopic (exact) mass is 197 g/mol. The van der Waals surface area contributed by atoms with Gasteiger partial charge in [0.2, 0.25) is 0 Å². The molecule has 1 saturated heterocycles. The van der Waals surface area contributed by atoms with Crippen LogP contribution in [0.2, 0.25) is 0 Å². The van der Waals surface area contributed by atoms with Crippen LogP contribution in [0.3, 0.4) is 0 Å². The minimum atomic E-state index is -4.12. The van der Waals surface area contributed by atoms with Crippen molar-refractivity contribution in [1.29, 1.82) is 0 Å². The van der Waals surface area contributed by atoms with Crippen LogP contribution < -0.4 is 5.32 Å². The van der Waals surface area contributed by atoms with Crippen LogP contribution in [0.25, 0.3) is 0 Å². The molecule has 1 fully saturated rings. The topological polar surface area (TPSA) is 21.3 Å². The molecule has 0 saturated carbocycles. The zero-order chi connectivity index (χ0) is 9.90. The summed E-state index contributed by atoms with van der Waals surface area (Å²) in [5, 5.41) is 2.46. The first kappa shape index (κ1) is 10.8. The molecule has 5 heteroatoms. The van der Waals surface area contributed by atoms with Crippen LogP contribution >= 0.6 is 0 Å². The Morgan fingerprint density at radius 2 is 2.23 bits per heavy atom. The van der Waals surface area contributed by atoms with Gasteiger partial charge in [-0.05, 0) is 19.3 Å². The summed E-state index contributed by atoms with van der Waals surface area (Å²) in [6.45, 7) is 2.10. The smallest absolute Gasteiger partial charge is 0.381 e. The summed E-state index contributed by atoms with van der Waals surface area (Å²) < 4.78 is 40.5. The Morgan fingerprint density at radius 3 is 2.69 bits per heavy atom. The molecule has 2 unspecified atom stereocenters. The molecule has 78 valence electrons. The fourth-order valence-corrected chi connectivity index (χ4v) is 1.39. The van der Waals surface area contributed by atoms with Gasteiger partial charge >= 0.3 is 6.18 Å². The van der Waals surface area contributed by atoms with Crippen molar-refractivity contribution in [1.82, 2.24) is 5.32 Å². The predicted octanol–water partition coefficient (Wildman–Crippen LogP) is 1.56.